The molecule has 0 saturated carbocycles. The molecule has 1 amide bonds. The molecule has 2 aromatic carbocycles. The molecule has 6 nitrogen and oxygen atoms in total. The lowest BCUT2D eigenvalue weighted by atomic mass is 10.0. The summed E-state index contributed by atoms with van der Waals surface area (Å²) in [7, 11) is 3.28. The van der Waals surface area contributed by atoms with Crippen molar-refractivity contribution in [2.75, 3.05) is 20.8 Å². The van der Waals surface area contributed by atoms with Crippen LogP contribution >= 0.6 is 11.3 Å². The van der Waals surface area contributed by atoms with Crippen molar-refractivity contribution in [2.45, 2.75) is 18.9 Å². The minimum atomic E-state index is -0.125. The number of para-hydroxylation sites is 1. The third kappa shape index (κ3) is 3.55. The molecular weight excluding hydrogens is 412 g/mol. The molecule has 0 spiro atoms. The van der Waals surface area contributed by atoms with E-state index in [4.69, 9.17) is 13.9 Å². The van der Waals surface area contributed by atoms with E-state index in [0.717, 1.165) is 45.1 Å². The average Bonchev–Trinajstić information content (AvgIpc) is 3.56. The van der Waals surface area contributed by atoms with Gasteiger partial charge in [-0.2, -0.15) is 0 Å². The molecule has 0 bridgehead atoms. The highest BCUT2D eigenvalue weighted by molar-refractivity contribution is 7.21. The molecule has 31 heavy (non-hydrogen) atoms. The molecule has 7 heteroatoms. The second-order valence-corrected chi connectivity index (χ2v) is 8.45. The number of carbonyl (C=O) groups excluding carboxylic acids is 1. The largest absolute Gasteiger partial charge is 0.497 e. The zero-order chi connectivity index (χ0) is 21.4. The Hall–Kier alpha value is -3.32. The zero-order valence-electron chi connectivity index (χ0n) is 17.3. The van der Waals surface area contributed by atoms with E-state index in [1.807, 2.05) is 53.4 Å². The molecule has 5 rings (SSSR count). The lowest BCUT2D eigenvalue weighted by Gasteiger charge is -2.26. The summed E-state index contributed by atoms with van der Waals surface area (Å²) in [6, 6.07) is 17.1. The van der Waals surface area contributed by atoms with Crippen LogP contribution in [0, 0.1) is 0 Å². The van der Waals surface area contributed by atoms with E-state index in [-0.39, 0.29) is 11.9 Å². The smallest absolute Gasteiger partial charge is 0.290 e. The van der Waals surface area contributed by atoms with E-state index in [9.17, 15) is 4.79 Å². The number of rotatable bonds is 5. The van der Waals surface area contributed by atoms with Crippen LogP contribution in [0.5, 0.6) is 11.5 Å². The minimum absolute atomic E-state index is 0.0893. The number of amides is 1. The first-order chi connectivity index (χ1) is 15.2. The van der Waals surface area contributed by atoms with Crippen LogP contribution in [0.4, 0.5) is 0 Å². The molecule has 1 aliphatic rings. The van der Waals surface area contributed by atoms with Crippen molar-refractivity contribution in [1.29, 1.82) is 0 Å². The Balaban J connectivity index is 1.44. The topological polar surface area (TPSA) is 64.8 Å². The minimum Gasteiger partial charge on any atom is -0.497 e. The summed E-state index contributed by atoms with van der Waals surface area (Å²) in [6.45, 7) is 0.668. The van der Waals surface area contributed by atoms with Gasteiger partial charge >= 0.3 is 0 Å². The Morgan fingerprint density at radius 3 is 2.81 bits per heavy atom. The number of ether oxygens (including phenoxy) is 2. The van der Waals surface area contributed by atoms with Gasteiger partial charge in [-0.25, -0.2) is 4.98 Å². The van der Waals surface area contributed by atoms with Crippen LogP contribution in [0.3, 0.4) is 0 Å². The third-order valence-corrected chi connectivity index (χ3v) is 6.68. The predicted octanol–water partition coefficient (Wildman–Crippen LogP) is 5.55. The van der Waals surface area contributed by atoms with Gasteiger partial charge in [-0.3, -0.25) is 4.79 Å². The summed E-state index contributed by atoms with van der Waals surface area (Å²) in [4.78, 5) is 19.8. The average molecular weight is 435 g/mol. The number of likely N-dealkylation sites (tertiary alicyclic amines) is 1. The molecule has 0 aliphatic carbocycles. The van der Waals surface area contributed by atoms with Crippen LogP contribution in [-0.2, 0) is 0 Å². The van der Waals surface area contributed by atoms with E-state index >= 15 is 0 Å². The number of hydrogen-bond acceptors (Lipinski definition) is 6. The molecule has 0 radical (unpaired) electrons. The SMILES string of the molecule is COc1ccc(OC)c([C@H]2CCCN2C(=O)c2ccc(-c3nc4ccccc4s3)o2)c1. The van der Waals surface area contributed by atoms with Crippen molar-refractivity contribution in [1.82, 2.24) is 9.88 Å². The number of carbonyl (C=O) groups is 1. The second kappa shape index (κ2) is 8.07. The first-order valence-electron chi connectivity index (χ1n) is 10.2. The number of fused-ring (bicyclic) bond motifs is 1. The monoisotopic (exact) mass is 434 g/mol. The van der Waals surface area contributed by atoms with Gasteiger partial charge in [0.25, 0.3) is 5.91 Å². The van der Waals surface area contributed by atoms with Gasteiger partial charge < -0.3 is 18.8 Å². The first-order valence-corrected chi connectivity index (χ1v) is 11.0. The van der Waals surface area contributed by atoms with Gasteiger partial charge in [-0.1, -0.05) is 12.1 Å². The summed E-state index contributed by atoms with van der Waals surface area (Å²) in [6.07, 6.45) is 1.78. The Morgan fingerprint density at radius 1 is 1.13 bits per heavy atom. The van der Waals surface area contributed by atoms with Gasteiger partial charge in [0, 0.05) is 12.1 Å². The molecule has 0 N–H and O–H groups in total. The van der Waals surface area contributed by atoms with E-state index in [1.54, 1.807) is 31.6 Å². The number of hydrogen-bond donors (Lipinski definition) is 0. The van der Waals surface area contributed by atoms with Crippen LogP contribution in [0.2, 0.25) is 0 Å². The van der Waals surface area contributed by atoms with Gasteiger partial charge in [0.2, 0.25) is 0 Å². The van der Waals surface area contributed by atoms with Crippen LogP contribution in [-0.4, -0.2) is 36.6 Å². The van der Waals surface area contributed by atoms with E-state index in [1.165, 1.54) is 0 Å². The van der Waals surface area contributed by atoms with Gasteiger partial charge in [0.05, 0.1) is 30.5 Å². The van der Waals surface area contributed by atoms with Crippen molar-refractivity contribution in [3.8, 4) is 22.3 Å². The standard InChI is InChI=1S/C24H22N2O4S/c1-28-15-9-10-19(29-2)16(14-15)18-7-5-13-26(18)24(27)21-12-11-20(30-21)23-25-17-6-3-4-8-22(17)31-23/h3-4,6,8-12,14,18H,5,7,13H2,1-2H3/t18-/m1/s1. The van der Waals surface area contributed by atoms with Crippen molar-refractivity contribution in [3.63, 3.8) is 0 Å². The number of thiazole rings is 1. The number of furan rings is 1. The molecule has 1 atom stereocenters. The maximum Gasteiger partial charge on any atom is 0.290 e. The first kappa shape index (κ1) is 19.6. The number of methoxy groups -OCH3 is 2. The number of benzene rings is 2. The lowest BCUT2D eigenvalue weighted by Crippen LogP contribution is -2.30. The van der Waals surface area contributed by atoms with Gasteiger partial charge in [0.15, 0.2) is 16.5 Å². The molecule has 1 aliphatic heterocycles. The molecule has 4 aromatic rings. The van der Waals surface area contributed by atoms with E-state index in [2.05, 4.69) is 4.98 Å². The van der Waals surface area contributed by atoms with Crippen LogP contribution in [0.15, 0.2) is 59.0 Å². The Labute approximate surface area is 184 Å². The number of nitrogens with zero attached hydrogens (tertiary/aromatic N) is 2. The molecule has 3 heterocycles. The Bertz CT molecular complexity index is 1210. The molecule has 1 saturated heterocycles. The van der Waals surface area contributed by atoms with Crippen molar-refractivity contribution >= 4 is 27.5 Å². The van der Waals surface area contributed by atoms with Crippen LogP contribution < -0.4 is 9.47 Å². The summed E-state index contributed by atoms with van der Waals surface area (Å²) in [5, 5.41) is 0.771. The highest BCUT2D eigenvalue weighted by Gasteiger charge is 2.34. The van der Waals surface area contributed by atoms with E-state index < -0.39 is 0 Å². The van der Waals surface area contributed by atoms with Gasteiger partial charge in [-0.05, 0) is 55.3 Å². The maximum absolute atomic E-state index is 13.3. The molecule has 1 fully saturated rings. The highest BCUT2D eigenvalue weighted by atomic mass is 32.1. The van der Waals surface area contributed by atoms with Crippen molar-refractivity contribution in [3.05, 3.63) is 65.9 Å². The fourth-order valence-electron chi connectivity index (χ4n) is 4.12. The summed E-state index contributed by atoms with van der Waals surface area (Å²) in [5.74, 6) is 2.30. The highest BCUT2D eigenvalue weighted by Crippen LogP contribution is 2.40. The zero-order valence-corrected chi connectivity index (χ0v) is 18.1. The fraction of sp³-hybridized carbons (Fsp3) is 0.250. The Morgan fingerprint density at radius 2 is 2.00 bits per heavy atom. The molecule has 2 aromatic heterocycles. The molecular formula is C24H22N2O4S. The summed E-state index contributed by atoms with van der Waals surface area (Å²) in [5.41, 5.74) is 1.88. The van der Waals surface area contributed by atoms with Gasteiger partial charge in [0.1, 0.15) is 11.5 Å². The second-order valence-electron chi connectivity index (χ2n) is 7.42. The quantitative estimate of drug-likeness (QED) is 0.412. The predicted molar refractivity (Wildman–Crippen MR) is 120 cm³/mol. The molecule has 158 valence electrons. The van der Waals surface area contributed by atoms with Gasteiger partial charge in [-0.15, -0.1) is 11.3 Å². The molecule has 0 unspecified atom stereocenters. The van der Waals surface area contributed by atoms with Crippen molar-refractivity contribution in [2.24, 2.45) is 0 Å². The third-order valence-electron chi connectivity index (χ3n) is 5.63. The number of aromatic nitrogens is 1. The summed E-state index contributed by atoms with van der Waals surface area (Å²) >= 11 is 1.55. The van der Waals surface area contributed by atoms with Crippen LogP contribution in [0.25, 0.3) is 21.0 Å². The summed E-state index contributed by atoms with van der Waals surface area (Å²) < 4.78 is 18.0. The van der Waals surface area contributed by atoms with Crippen LogP contribution in [0.1, 0.15) is 35.0 Å². The van der Waals surface area contributed by atoms with Crippen molar-refractivity contribution < 1.29 is 18.7 Å². The maximum atomic E-state index is 13.3. The lowest BCUT2D eigenvalue weighted by molar-refractivity contribution is 0.0702. The normalized spacial score (nSPS) is 16.1. The van der Waals surface area contributed by atoms with E-state index in [0.29, 0.717) is 18.1 Å². The Kier molecular flexibility index (Phi) is 5.11. The fourth-order valence-corrected chi connectivity index (χ4v) is 5.05.